The van der Waals surface area contributed by atoms with Crippen LogP contribution in [0.3, 0.4) is 0 Å². The van der Waals surface area contributed by atoms with E-state index >= 15 is 0 Å². The molecular formula is C54H38N2SSi. The third-order valence-electron chi connectivity index (χ3n) is 12.6. The fourth-order valence-corrected chi connectivity index (χ4v) is 14.7. The van der Waals surface area contributed by atoms with Crippen molar-refractivity contribution in [2.45, 2.75) is 13.1 Å². The second-order valence-corrected chi connectivity index (χ2v) is 21.4. The molecule has 2 heterocycles. The lowest BCUT2D eigenvalue weighted by molar-refractivity contribution is 1.31. The molecule has 0 radical (unpaired) electrons. The van der Waals surface area contributed by atoms with Gasteiger partial charge in [0, 0.05) is 43.3 Å². The van der Waals surface area contributed by atoms with E-state index in [2.05, 4.69) is 217 Å². The molecule has 4 heteroatoms. The molecule has 0 aliphatic carbocycles. The largest absolute Gasteiger partial charge is 0.310 e. The van der Waals surface area contributed by atoms with E-state index in [9.17, 15) is 0 Å². The van der Waals surface area contributed by atoms with Gasteiger partial charge < -0.3 is 9.80 Å². The molecular weight excluding hydrogens is 737 g/mol. The Balaban J connectivity index is 1.12. The molecule has 0 saturated carbocycles. The number of benzene rings is 10. The number of fused-ring (bicyclic) bond motifs is 6. The number of nitrogens with zero attached hydrogens (tertiary/aromatic N) is 2. The summed E-state index contributed by atoms with van der Waals surface area (Å²) in [6, 6.07) is 72.2. The Bertz CT molecular complexity index is 3390. The van der Waals surface area contributed by atoms with Gasteiger partial charge in [0.05, 0.1) is 21.8 Å². The minimum atomic E-state index is -2.05. The summed E-state index contributed by atoms with van der Waals surface area (Å²) >= 11 is 1.88. The standard InChI is InChI=1S/C54H38N2SSi/c1-58(2)50-26-12-10-20-40(50)42-22-14-24-48(54(42)58)56(38-17-7-4-8-18-38)46-34-30-36-27-31-43-45(33-29-35-28-32-44(46)52(36)51(35)43)55(37-15-5-3-6-16-37)47-23-13-21-41-39-19-9-11-25-49(39)57-53(41)47/h3-34H,1-2H3. The van der Waals surface area contributed by atoms with Crippen molar-refractivity contribution in [3.8, 4) is 11.1 Å². The van der Waals surface area contributed by atoms with Crippen LogP contribution < -0.4 is 20.2 Å². The molecule has 1 aromatic heterocycles. The summed E-state index contributed by atoms with van der Waals surface area (Å²) in [4.78, 5) is 5.03. The van der Waals surface area contributed by atoms with E-state index in [4.69, 9.17) is 0 Å². The summed E-state index contributed by atoms with van der Waals surface area (Å²) in [6.07, 6.45) is 0. The molecule has 0 unspecified atom stereocenters. The van der Waals surface area contributed by atoms with E-state index < -0.39 is 8.07 Å². The van der Waals surface area contributed by atoms with Crippen LogP contribution in [0.4, 0.5) is 34.1 Å². The second-order valence-electron chi connectivity index (χ2n) is 16.1. The van der Waals surface area contributed by atoms with Gasteiger partial charge in [-0.3, -0.25) is 0 Å². The molecule has 0 bridgehead atoms. The molecule has 11 aromatic rings. The molecule has 58 heavy (non-hydrogen) atoms. The lowest BCUT2D eigenvalue weighted by Crippen LogP contribution is -2.50. The lowest BCUT2D eigenvalue weighted by atomic mass is 9.91. The third-order valence-corrected chi connectivity index (χ3v) is 17.3. The number of thiophene rings is 1. The first-order valence-electron chi connectivity index (χ1n) is 20.1. The highest BCUT2D eigenvalue weighted by atomic mass is 32.1. The number of hydrogen-bond acceptors (Lipinski definition) is 3. The van der Waals surface area contributed by atoms with Gasteiger partial charge in [-0.2, -0.15) is 0 Å². The first-order chi connectivity index (χ1) is 28.6. The van der Waals surface area contributed by atoms with Crippen molar-refractivity contribution in [1.29, 1.82) is 0 Å². The maximum atomic E-state index is 2.55. The summed E-state index contributed by atoms with van der Waals surface area (Å²) < 4.78 is 2.60. The van der Waals surface area contributed by atoms with E-state index in [1.165, 1.54) is 102 Å². The van der Waals surface area contributed by atoms with Crippen molar-refractivity contribution in [2.75, 3.05) is 9.80 Å². The maximum Gasteiger partial charge on any atom is 0.116 e. The Labute approximate surface area is 342 Å². The highest BCUT2D eigenvalue weighted by molar-refractivity contribution is 7.26. The van der Waals surface area contributed by atoms with Crippen LogP contribution in [0.15, 0.2) is 194 Å². The van der Waals surface area contributed by atoms with Crippen LogP contribution in [0, 0.1) is 0 Å². The van der Waals surface area contributed by atoms with Gasteiger partial charge in [0.1, 0.15) is 8.07 Å². The van der Waals surface area contributed by atoms with Gasteiger partial charge in [-0.1, -0.05) is 153 Å². The number of para-hydroxylation sites is 2. The second kappa shape index (κ2) is 12.6. The van der Waals surface area contributed by atoms with Gasteiger partial charge >= 0.3 is 0 Å². The van der Waals surface area contributed by atoms with Gasteiger partial charge in [-0.05, 0) is 97.6 Å². The normalized spacial score (nSPS) is 13.1. The highest BCUT2D eigenvalue weighted by Gasteiger charge is 2.40. The van der Waals surface area contributed by atoms with Gasteiger partial charge in [0.2, 0.25) is 0 Å². The average Bonchev–Trinajstić information content (AvgIpc) is 3.77. The molecule has 1 aliphatic rings. The predicted octanol–water partition coefficient (Wildman–Crippen LogP) is 14.7. The Morgan fingerprint density at radius 3 is 1.59 bits per heavy atom. The van der Waals surface area contributed by atoms with Crippen LogP contribution in [0.2, 0.25) is 13.1 Å². The zero-order chi connectivity index (χ0) is 38.5. The van der Waals surface area contributed by atoms with Crippen molar-refractivity contribution in [3.05, 3.63) is 194 Å². The van der Waals surface area contributed by atoms with Crippen LogP contribution in [-0.2, 0) is 0 Å². The minimum absolute atomic E-state index is 1.14. The van der Waals surface area contributed by atoms with Gasteiger partial charge in [-0.15, -0.1) is 11.3 Å². The summed E-state index contributed by atoms with van der Waals surface area (Å²) in [5, 5.41) is 13.2. The summed E-state index contributed by atoms with van der Waals surface area (Å²) in [6.45, 7) is 5.04. The Kier molecular flexibility index (Phi) is 7.28. The van der Waals surface area contributed by atoms with Crippen molar-refractivity contribution in [1.82, 2.24) is 0 Å². The Hall–Kier alpha value is -6.72. The Morgan fingerprint density at radius 1 is 0.379 bits per heavy atom. The van der Waals surface area contributed by atoms with Crippen LogP contribution in [0.1, 0.15) is 0 Å². The molecule has 0 saturated heterocycles. The predicted molar refractivity (Wildman–Crippen MR) is 255 cm³/mol. The van der Waals surface area contributed by atoms with Gasteiger partial charge in [0.25, 0.3) is 0 Å². The molecule has 0 fully saturated rings. The van der Waals surface area contributed by atoms with Crippen LogP contribution in [0.25, 0.3) is 63.6 Å². The van der Waals surface area contributed by atoms with Crippen LogP contribution in [-0.4, -0.2) is 8.07 Å². The van der Waals surface area contributed by atoms with Gasteiger partial charge in [0.15, 0.2) is 0 Å². The molecule has 0 amide bonds. The maximum absolute atomic E-state index is 2.55. The van der Waals surface area contributed by atoms with Crippen LogP contribution in [0.5, 0.6) is 0 Å². The molecule has 274 valence electrons. The van der Waals surface area contributed by atoms with Crippen LogP contribution >= 0.6 is 11.3 Å². The summed E-state index contributed by atoms with van der Waals surface area (Å²) in [5.41, 5.74) is 9.92. The molecule has 0 N–H and O–H groups in total. The first kappa shape index (κ1) is 33.4. The van der Waals surface area contributed by atoms with Crippen molar-refractivity contribution in [2.24, 2.45) is 0 Å². The molecule has 0 spiro atoms. The summed E-state index contributed by atoms with van der Waals surface area (Å²) in [5.74, 6) is 0. The average molecular weight is 775 g/mol. The number of rotatable bonds is 6. The quantitative estimate of drug-likeness (QED) is 0.123. The van der Waals surface area contributed by atoms with Crippen molar-refractivity contribution < 1.29 is 0 Å². The highest BCUT2D eigenvalue weighted by Crippen LogP contribution is 2.50. The zero-order valence-electron chi connectivity index (χ0n) is 32.3. The van der Waals surface area contributed by atoms with E-state index in [1.807, 2.05) is 11.3 Å². The number of anilines is 6. The lowest BCUT2D eigenvalue weighted by Gasteiger charge is -2.32. The smallest absolute Gasteiger partial charge is 0.116 e. The minimum Gasteiger partial charge on any atom is -0.310 e. The zero-order valence-corrected chi connectivity index (χ0v) is 34.1. The van der Waals surface area contributed by atoms with E-state index in [-0.39, 0.29) is 0 Å². The number of hydrogen-bond donors (Lipinski definition) is 0. The van der Waals surface area contributed by atoms with Gasteiger partial charge in [-0.25, -0.2) is 0 Å². The van der Waals surface area contributed by atoms with E-state index in [1.54, 1.807) is 0 Å². The SMILES string of the molecule is C[Si]1(C)c2ccccc2-c2cccc(N(c3ccccc3)c3ccc4ccc5c(N(c6ccccc6)c6cccc7c6sc6ccccc67)ccc6ccc3c4c65)c21. The van der Waals surface area contributed by atoms with Crippen molar-refractivity contribution in [3.63, 3.8) is 0 Å². The summed E-state index contributed by atoms with van der Waals surface area (Å²) in [7, 11) is -2.05. The van der Waals surface area contributed by atoms with Crippen molar-refractivity contribution >= 4 is 116 Å². The fourth-order valence-electron chi connectivity index (χ4n) is 10.0. The Morgan fingerprint density at radius 2 is 0.897 bits per heavy atom. The molecule has 12 rings (SSSR count). The molecule has 2 nitrogen and oxygen atoms in total. The fraction of sp³-hybridized carbons (Fsp3) is 0.0370. The van der Waals surface area contributed by atoms with E-state index in [0.29, 0.717) is 0 Å². The van der Waals surface area contributed by atoms with E-state index in [0.717, 1.165) is 5.69 Å². The topological polar surface area (TPSA) is 6.48 Å². The molecule has 0 atom stereocenters. The molecule has 1 aliphatic heterocycles. The first-order valence-corrected chi connectivity index (χ1v) is 23.9. The molecule has 10 aromatic carbocycles. The monoisotopic (exact) mass is 774 g/mol. The third kappa shape index (κ3) is 4.76.